The maximum atomic E-state index is 12.3. The van der Waals surface area contributed by atoms with Crippen LogP contribution < -0.4 is 5.32 Å². The molecule has 1 aromatic carbocycles. The zero-order chi connectivity index (χ0) is 15.6. The molecule has 0 aliphatic rings. The molecule has 21 heavy (non-hydrogen) atoms. The number of nitrogens with zero attached hydrogens (tertiary/aromatic N) is 1. The fraction of sp³-hybridized carbons (Fsp3) is 0.231. The van der Waals surface area contributed by atoms with E-state index in [0.717, 1.165) is 6.07 Å². The molecule has 0 amide bonds. The average Bonchev–Trinajstić information content (AvgIpc) is 2.42. The van der Waals surface area contributed by atoms with Crippen molar-refractivity contribution in [1.82, 2.24) is 4.98 Å². The molecule has 1 heterocycles. The molecule has 0 saturated heterocycles. The number of alkyl halides is 3. The minimum atomic E-state index is -4.74. The summed E-state index contributed by atoms with van der Waals surface area (Å²) in [5, 5.41) is 20.8. The van der Waals surface area contributed by atoms with Gasteiger partial charge < -0.3 is 15.5 Å². The molecule has 0 saturated carbocycles. The second-order valence-electron chi connectivity index (χ2n) is 4.32. The first-order valence-electron chi connectivity index (χ1n) is 5.91. The van der Waals surface area contributed by atoms with Gasteiger partial charge in [0.15, 0.2) is 11.8 Å². The normalized spacial score (nSPS) is 13.1. The molecule has 8 heteroatoms. The van der Waals surface area contributed by atoms with E-state index in [2.05, 4.69) is 10.3 Å². The first-order valence-corrected chi connectivity index (χ1v) is 5.91. The van der Waals surface area contributed by atoms with Crippen molar-refractivity contribution in [3.05, 3.63) is 36.0 Å². The number of nitrogens with one attached hydrogen (secondary N) is 1. The zero-order valence-corrected chi connectivity index (χ0v) is 10.6. The summed E-state index contributed by atoms with van der Waals surface area (Å²) in [5.74, 6) is -1.29. The number of carboxylic acid groups (broad SMARTS) is 1. The molecule has 0 radical (unpaired) electrons. The first-order chi connectivity index (χ1) is 9.79. The molecule has 112 valence electrons. The van der Waals surface area contributed by atoms with Crippen molar-refractivity contribution >= 4 is 22.6 Å². The summed E-state index contributed by atoms with van der Waals surface area (Å²) in [7, 11) is 0. The van der Waals surface area contributed by atoms with Gasteiger partial charge in [-0.15, -0.1) is 0 Å². The van der Waals surface area contributed by atoms with Crippen LogP contribution in [0.25, 0.3) is 10.9 Å². The highest BCUT2D eigenvalue weighted by Crippen LogP contribution is 2.25. The molecular formula is C13H11F3N2O3. The van der Waals surface area contributed by atoms with Gasteiger partial charge >= 0.3 is 12.1 Å². The van der Waals surface area contributed by atoms with E-state index in [0.29, 0.717) is 10.9 Å². The number of aliphatic hydroxyl groups is 1. The molecule has 0 bridgehead atoms. The molecule has 0 fully saturated rings. The van der Waals surface area contributed by atoms with Crippen molar-refractivity contribution in [1.29, 1.82) is 0 Å². The zero-order valence-electron chi connectivity index (χ0n) is 10.6. The number of fused-ring (bicyclic) bond motifs is 1. The number of hydrogen-bond donors (Lipinski definition) is 3. The van der Waals surface area contributed by atoms with Crippen LogP contribution in [0.15, 0.2) is 30.3 Å². The van der Waals surface area contributed by atoms with Crippen LogP contribution in [0.3, 0.4) is 0 Å². The summed E-state index contributed by atoms with van der Waals surface area (Å²) >= 11 is 0. The van der Waals surface area contributed by atoms with E-state index < -0.39 is 24.8 Å². The van der Waals surface area contributed by atoms with E-state index in [1.807, 2.05) is 0 Å². The Balaban J connectivity index is 2.35. The standard InChI is InChI=1S/C13H11F3N2O3/c14-13(15,16)11(19)6-17-9-5-10(12(20)21)18-8-4-2-1-3-7(8)9/h1-5,11,19H,6H2,(H,17,18)(H,20,21). The van der Waals surface area contributed by atoms with Gasteiger partial charge in [-0.1, -0.05) is 18.2 Å². The van der Waals surface area contributed by atoms with E-state index in [-0.39, 0.29) is 11.4 Å². The van der Waals surface area contributed by atoms with Crippen LogP contribution in [0.4, 0.5) is 18.9 Å². The van der Waals surface area contributed by atoms with E-state index in [1.54, 1.807) is 24.3 Å². The molecule has 0 spiro atoms. The van der Waals surface area contributed by atoms with Crippen molar-refractivity contribution in [2.45, 2.75) is 12.3 Å². The van der Waals surface area contributed by atoms with Gasteiger partial charge in [0.25, 0.3) is 0 Å². The van der Waals surface area contributed by atoms with E-state index in [1.165, 1.54) is 0 Å². The van der Waals surface area contributed by atoms with Gasteiger partial charge in [0.2, 0.25) is 0 Å². The lowest BCUT2D eigenvalue weighted by Gasteiger charge is -2.17. The second-order valence-corrected chi connectivity index (χ2v) is 4.32. The molecule has 5 nitrogen and oxygen atoms in total. The Kier molecular flexibility index (Phi) is 3.99. The Bertz CT molecular complexity index is 673. The van der Waals surface area contributed by atoms with E-state index >= 15 is 0 Å². The average molecular weight is 300 g/mol. The van der Waals surface area contributed by atoms with Crippen LogP contribution in [0, 0.1) is 0 Å². The Morgan fingerprint density at radius 1 is 1.33 bits per heavy atom. The molecule has 3 N–H and O–H groups in total. The number of anilines is 1. The number of aliphatic hydroxyl groups excluding tert-OH is 1. The van der Waals surface area contributed by atoms with Crippen molar-refractivity contribution in [3.63, 3.8) is 0 Å². The highest BCUT2D eigenvalue weighted by molar-refractivity contribution is 5.97. The SMILES string of the molecule is O=C(O)c1cc(NCC(O)C(F)(F)F)c2ccccc2n1. The lowest BCUT2D eigenvalue weighted by atomic mass is 10.1. The summed E-state index contributed by atoms with van der Waals surface area (Å²) in [6.07, 6.45) is -7.29. The predicted octanol–water partition coefficient (Wildman–Crippen LogP) is 2.27. The topological polar surface area (TPSA) is 82.5 Å². The monoisotopic (exact) mass is 300 g/mol. The van der Waals surface area contributed by atoms with Crippen molar-refractivity contribution in [2.75, 3.05) is 11.9 Å². The van der Waals surface area contributed by atoms with Gasteiger partial charge in [0, 0.05) is 17.6 Å². The number of carbonyl (C=O) groups is 1. The molecule has 0 aliphatic heterocycles. The minimum Gasteiger partial charge on any atom is -0.477 e. The van der Waals surface area contributed by atoms with E-state index in [4.69, 9.17) is 10.2 Å². The molecule has 2 rings (SSSR count). The summed E-state index contributed by atoms with van der Waals surface area (Å²) in [6.45, 7) is -0.781. The Labute approximate surface area is 117 Å². The number of aromatic carboxylic acids is 1. The third-order valence-corrected chi connectivity index (χ3v) is 2.80. The Morgan fingerprint density at radius 3 is 2.62 bits per heavy atom. The van der Waals surface area contributed by atoms with Crippen LogP contribution in [0.2, 0.25) is 0 Å². The fourth-order valence-corrected chi connectivity index (χ4v) is 1.75. The van der Waals surface area contributed by atoms with Gasteiger partial charge in [0.05, 0.1) is 5.52 Å². The van der Waals surface area contributed by atoms with Gasteiger partial charge in [-0.25, -0.2) is 9.78 Å². The number of pyridine rings is 1. The number of hydrogen-bond acceptors (Lipinski definition) is 4. The number of carboxylic acids is 1. The molecule has 1 unspecified atom stereocenters. The number of halogens is 3. The lowest BCUT2D eigenvalue weighted by molar-refractivity contribution is -0.198. The van der Waals surface area contributed by atoms with E-state index in [9.17, 15) is 18.0 Å². The van der Waals surface area contributed by atoms with Crippen LogP contribution in [-0.4, -0.2) is 40.0 Å². The molecule has 1 atom stereocenters. The minimum absolute atomic E-state index is 0.168. The van der Waals surface area contributed by atoms with Gasteiger partial charge in [-0.2, -0.15) is 13.2 Å². The third-order valence-electron chi connectivity index (χ3n) is 2.80. The third kappa shape index (κ3) is 3.40. The lowest BCUT2D eigenvalue weighted by Crippen LogP contribution is -2.35. The Morgan fingerprint density at radius 2 is 2.00 bits per heavy atom. The molecule has 2 aromatic rings. The quantitative estimate of drug-likeness (QED) is 0.807. The van der Waals surface area contributed by atoms with Gasteiger partial charge in [-0.05, 0) is 12.1 Å². The summed E-state index contributed by atoms with van der Waals surface area (Å²) < 4.78 is 36.8. The predicted molar refractivity (Wildman–Crippen MR) is 69.3 cm³/mol. The fourth-order valence-electron chi connectivity index (χ4n) is 1.75. The number of aromatic nitrogens is 1. The van der Waals surface area contributed by atoms with Crippen LogP contribution in [0.1, 0.15) is 10.5 Å². The van der Waals surface area contributed by atoms with Crippen LogP contribution in [-0.2, 0) is 0 Å². The summed E-state index contributed by atoms with van der Waals surface area (Å²) in [5.41, 5.74) is 0.209. The maximum Gasteiger partial charge on any atom is 0.416 e. The first kappa shape index (κ1) is 15.0. The smallest absolute Gasteiger partial charge is 0.416 e. The molecule has 0 aliphatic carbocycles. The second kappa shape index (κ2) is 5.57. The van der Waals surface area contributed by atoms with Crippen LogP contribution >= 0.6 is 0 Å². The van der Waals surface area contributed by atoms with Crippen LogP contribution in [0.5, 0.6) is 0 Å². The van der Waals surface area contributed by atoms with Crippen molar-refractivity contribution in [3.8, 4) is 0 Å². The molecular weight excluding hydrogens is 289 g/mol. The summed E-state index contributed by atoms with van der Waals surface area (Å²) in [6, 6.07) is 7.56. The Hall–Kier alpha value is -2.35. The molecule has 1 aromatic heterocycles. The van der Waals surface area contributed by atoms with Gasteiger partial charge in [0.1, 0.15) is 0 Å². The number of rotatable bonds is 4. The van der Waals surface area contributed by atoms with Gasteiger partial charge in [-0.3, -0.25) is 0 Å². The number of para-hydroxylation sites is 1. The summed E-state index contributed by atoms with van der Waals surface area (Å²) in [4.78, 5) is 14.9. The number of benzene rings is 1. The highest BCUT2D eigenvalue weighted by atomic mass is 19.4. The maximum absolute atomic E-state index is 12.3. The largest absolute Gasteiger partial charge is 0.477 e. The van der Waals surface area contributed by atoms with Crippen molar-refractivity contribution < 1.29 is 28.2 Å². The van der Waals surface area contributed by atoms with Crippen molar-refractivity contribution in [2.24, 2.45) is 0 Å². The highest BCUT2D eigenvalue weighted by Gasteiger charge is 2.37.